The molecule has 0 amide bonds. The van der Waals surface area contributed by atoms with Crippen molar-refractivity contribution in [3.63, 3.8) is 0 Å². The van der Waals surface area contributed by atoms with Gasteiger partial charge in [0.2, 0.25) is 0 Å². The summed E-state index contributed by atoms with van der Waals surface area (Å²) in [6, 6.07) is 10.0. The number of carbonyl (C=O) groups excluding carboxylic acids is 1. The number of benzene rings is 1. The number of nitrogens with zero attached hydrogens (tertiary/aromatic N) is 2. The third kappa shape index (κ3) is 3.12. The maximum atomic E-state index is 10.5. The van der Waals surface area contributed by atoms with Crippen molar-refractivity contribution in [2.75, 3.05) is 18.6 Å². The van der Waals surface area contributed by atoms with Crippen molar-refractivity contribution in [2.45, 2.75) is 13.0 Å². The monoisotopic (exact) mass is 276 g/mol. The molecule has 0 radical (unpaired) electrons. The second kappa shape index (κ2) is 6.33. The minimum absolute atomic E-state index is 0.0138. The van der Waals surface area contributed by atoms with Crippen LogP contribution in [0.5, 0.6) is 0 Å². The van der Waals surface area contributed by atoms with Gasteiger partial charge in [-0.25, -0.2) is 4.98 Å². The average Bonchev–Trinajstić information content (AvgIpc) is 2.86. The maximum absolute atomic E-state index is 10.5. The van der Waals surface area contributed by atoms with Crippen LogP contribution in [0.2, 0.25) is 0 Å². The van der Waals surface area contributed by atoms with E-state index in [9.17, 15) is 4.79 Å². The molecule has 0 aliphatic carbocycles. The summed E-state index contributed by atoms with van der Waals surface area (Å²) in [6.45, 7) is 2.78. The molecule has 1 unspecified atom stereocenters. The van der Waals surface area contributed by atoms with E-state index in [1.54, 1.807) is 11.3 Å². The molecule has 5 heteroatoms. The van der Waals surface area contributed by atoms with Crippen molar-refractivity contribution >= 4 is 23.5 Å². The number of anilines is 1. The van der Waals surface area contributed by atoms with Crippen LogP contribution in [0.3, 0.4) is 0 Å². The van der Waals surface area contributed by atoms with Crippen molar-refractivity contribution in [1.29, 1.82) is 0 Å². The molecule has 0 saturated carbocycles. The number of rotatable bonds is 6. The first-order valence-corrected chi connectivity index (χ1v) is 6.85. The fourth-order valence-electron chi connectivity index (χ4n) is 1.97. The first-order valence-electron chi connectivity index (χ1n) is 5.97. The lowest BCUT2D eigenvalue weighted by Gasteiger charge is -2.28. The molecule has 1 aromatic carbocycles. The third-order valence-electron chi connectivity index (χ3n) is 3.04. The second-order valence-corrected chi connectivity index (χ2v) is 5.08. The van der Waals surface area contributed by atoms with Gasteiger partial charge < -0.3 is 9.64 Å². The van der Waals surface area contributed by atoms with Gasteiger partial charge in [0.15, 0.2) is 0 Å². The lowest BCUT2D eigenvalue weighted by molar-refractivity contribution is -0.129. The molecule has 1 aromatic heterocycles. The Hall–Kier alpha value is -1.88. The standard InChI is InChI=1S/C14H16N2O2S/c1-11-14(19-9-15-11)13(8-18-10-17)16(2)12-6-4-3-5-7-12/h3-7,9-10,13H,8H2,1-2H3. The van der Waals surface area contributed by atoms with Crippen molar-refractivity contribution in [1.82, 2.24) is 4.98 Å². The number of aryl methyl sites for hydroxylation is 1. The largest absolute Gasteiger partial charge is 0.465 e. The molecule has 0 aliphatic rings. The molecule has 0 fully saturated rings. The van der Waals surface area contributed by atoms with E-state index in [1.807, 2.05) is 49.8 Å². The van der Waals surface area contributed by atoms with Crippen LogP contribution in [0.1, 0.15) is 16.6 Å². The van der Waals surface area contributed by atoms with Crippen LogP contribution in [0.4, 0.5) is 5.69 Å². The van der Waals surface area contributed by atoms with Gasteiger partial charge in [-0.15, -0.1) is 11.3 Å². The summed E-state index contributed by atoms with van der Waals surface area (Å²) in [4.78, 5) is 18.0. The second-order valence-electron chi connectivity index (χ2n) is 4.19. The minimum atomic E-state index is -0.0138. The molecular weight excluding hydrogens is 260 g/mol. The molecule has 1 heterocycles. The predicted molar refractivity (Wildman–Crippen MR) is 76.5 cm³/mol. The molecule has 0 aliphatic heterocycles. The highest BCUT2D eigenvalue weighted by molar-refractivity contribution is 7.09. The quantitative estimate of drug-likeness (QED) is 0.761. The summed E-state index contributed by atoms with van der Waals surface area (Å²) in [5, 5.41) is 0. The van der Waals surface area contributed by atoms with Gasteiger partial charge in [-0.05, 0) is 19.1 Å². The van der Waals surface area contributed by atoms with Crippen LogP contribution < -0.4 is 4.90 Å². The number of hydrogen-bond donors (Lipinski definition) is 0. The fraction of sp³-hybridized carbons (Fsp3) is 0.286. The topological polar surface area (TPSA) is 42.4 Å². The Bertz CT molecular complexity index is 527. The van der Waals surface area contributed by atoms with Crippen molar-refractivity contribution in [3.8, 4) is 0 Å². The number of carbonyl (C=O) groups is 1. The molecule has 0 bridgehead atoms. The highest BCUT2D eigenvalue weighted by Gasteiger charge is 2.22. The molecule has 1 atom stereocenters. The zero-order chi connectivity index (χ0) is 13.7. The summed E-state index contributed by atoms with van der Waals surface area (Å²) >= 11 is 1.58. The van der Waals surface area contributed by atoms with Crippen LogP contribution in [-0.4, -0.2) is 25.1 Å². The van der Waals surface area contributed by atoms with Crippen LogP contribution in [0.15, 0.2) is 35.8 Å². The first-order chi connectivity index (χ1) is 9.24. The summed E-state index contributed by atoms with van der Waals surface area (Å²) in [5.41, 5.74) is 3.87. The number of likely N-dealkylation sites (N-methyl/N-ethyl adjacent to an activating group) is 1. The molecule has 2 rings (SSSR count). The Kier molecular flexibility index (Phi) is 4.52. The molecule has 19 heavy (non-hydrogen) atoms. The molecule has 100 valence electrons. The van der Waals surface area contributed by atoms with Gasteiger partial charge >= 0.3 is 0 Å². The van der Waals surface area contributed by atoms with Gasteiger partial charge in [0.05, 0.1) is 22.1 Å². The lowest BCUT2D eigenvalue weighted by atomic mass is 10.1. The van der Waals surface area contributed by atoms with Crippen LogP contribution >= 0.6 is 11.3 Å². The zero-order valence-electron chi connectivity index (χ0n) is 10.9. The van der Waals surface area contributed by atoms with Crippen LogP contribution in [-0.2, 0) is 9.53 Å². The van der Waals surface area contributed by atoms with E-state index >= 15 is 0 Å². The Morgan fingerprint density at radius 3 is 2.74 bits per heavy atom. The summed E-state index contributed by atoms with van der Waals surface area (Å²) < 4.78 is 4.97. The SMILES string of the molecule is Cc1ncsc1C(COC=O)N(C)c1ccccc1. The third-order valence-corrected chi connectivity index (χ3v) is 4.07. The smallest absolute Gasteiger partial charge is 0.293 e. The fourth-order valence-corrected chi connectivity index (χ4v) is 2.90. The van der Waals surface area contributed by atoms with E-state index in [0.717, 1.165) is 16.3 Å². The Labute approximate surface area is 116 Å². The number of para-hydroxylation sites is 1. The lowest BCUT2D eigenvalue weighted by Crippen LogP contribution is -2.27. The van der Waals surface area contributed by atoms with Crippen molar-refractivity contribution in [3.05, 3.63) is 46.4 Å². The Morgan fingerprint density at radius 1 is 1.42 bits per heavy atom. The highest BCUT2D eigenvalue weighted by atomic mass is 32.1. The van der Waals surface area contributed by atoms with Crippen LogP contribution in [0, 0.1) is 6.92 Å². The van der Waals surface area contributed by atoms with Crippen molar-refractivity contribution in [2.24, 2.45) is 0 Å². The Balaban J connectivity index is 2.27. The van der Waals surface area contributed by atoms with Crippen molar-refractivity contribution < 1.29 is 9.53 Å². The number of thiazole rings is 1. The van der Waals surface area contributed by atoms with Crippen LogP contribution in [0.25, 0.3) is 0 Å². The molecule has 4 nitrogen and oxygen atoms in total. The summed E-state index contributed by atoms with van der Waals surface area (Å²) in [6.07, 6.45) is 0. The van der Waals surface area contributed by atoms with Gasteiger partial charge in [-0.2, -0.15) is 0 Å². The summed E-state index contributed by atoms with van der Waals surface area (Å²) in [5.74, 6) is 0. The highest BCUT2D eigenvalue weighted by Crippen LogP contribution is 2.30. The van der Waals surface area contributed by atoms with Gasteiger partial charge in [-0.3, -0.25) is 4.79 Å². The maximum Gasteiger partial charge on any atom is 0.293 e. The first kappa shape index (κ1) is 13.5. The molecule has 0 spiro atoms. The van der Waals surface area contributed by atoms with E-state index in [4.69, 9.17) is 4.74 Å². The number of ether oxygens (including phenoxy) is 1. The van der Waals surface area contributed by atoms with E-state index in [0.29, 0.717) is 13.1 Å². The van der Waals surface area contributed by atoms with Gasteiger partial charge in [-0.1, -0.05) is 18.2 Å². The average molecular weight is 276 g/mol. The normalized spacial score (nSPS) is 11.9. The van der Waals surface area contributed by atoms with Gasteiger partial charge in [0.1, 0.15) is 6.61 Å². The van der Waals surface area contributed by atoms with E-state index in [1.165, 1.54) is 0 Å². The number of aromatic nitrogens is 1. The molecular formula is C14H16N2O2S. The number of hydrogen-bond acceptors (Lipinski definition) is 5. The molecule has 0 N–H and O–H groups in total. The van der Waals surface area contributed by atoms with E-state index < -0.39 is 0 Å². The van der Waals surface area contributed by atoms with Gasteiger partial charge in [0.25, 0.3) is 6.47 Å². The van der Waals surface area contributed by atoms with Gasteiger partial charge in [0, 0.05) is 12.7 Å². The summed E-state index contributed by atoms with van der Waals surface area (Å²) in [7, 11) is 1.99. The minimum Gasteiger partial charge on any atom is -0.465 e. The van der Waals surface area contributed by atoms with E-state index in [2.05, 4.69) is 9.88 Å². The zero-order valence-corrected chi connectivity index (χ0v) is 11.8. The Morgan fingerprint density at radius 2 is 2.16 bits per heavy atom. The predicted octanol–water partition coefficient (Wildman–Crippen LogP) is 2.80. The van der Waals surface area contributed by atoms with E-state index in [-0.39, 0.29) is 6.04 Å². The molecule has 0 saturated heterocycles. The molecule has 2 aromatic rings.